The largest absolute Gasteiger partial charge is 0.341 e. The van der Waals surface area contributed by atoms with Crippen LogP contribution in [-0.4, -0.2) is 68.2 Å². The Morgan fingerprint density at radius 1 is 0.963 bits per heavy atom. The number of piperidine rings is 2. The maximum absolute atomic E-state index is 12.0. The molecule has 0 atom stereocenters. The zero-order valence-corrected chi connectivity index (χ0v) is 15.9. The average molecular weight is 368 g/mol. The lowest BCUT2D eigenvalue weighted by atomic mass is 9.96. The minimum absolute atomic E-state index is 0.338. The van der Waals surface area contributed by atoms with Crippen LogP contribution in [-0.2, 0) is 17.6 Å². The van der Waals surface area contributed by atoms with Gasteiger partial charge in [0.15, 0.2) is 11.5 Å². The molecule has 0 saturated carbocycles. The van der Waals surface area contributed by atoms with Crippen LogP contribution in [0.3, 0.4) is 0 Å². The van der Waals surface area contributed by atoms with E-state index in [-0.39, 0.29) is 0 Å². The van der Waals surface area contributed by atoms with Gasteiger partial charge in [0.1, 0.15) is 0 Å². The van der Waals surface area contributed by atoms with Crippen molar-refractivity contribution in [1.29, 1.82) is 0 Å². The average Bonchev–Trinajstić information content (AvgIpc) is 3.32. The van der Waals surface area contributed by atoms with Crippen molar-refractivity contribution in [3.05, 3.63) is 23.1 Å². The number of nitrogens with zero attached hydrogens (tertiary/aromatic N) is 6. The van der Waals surface area contributed by atoms with Crippen molar-refractivity contribution in [3.63, 3.8) is 0 Å². The molecule has 0 bridgehead atoms. The lowest BCUT2D eigenvalue weighted by molar-refractivity contribution is -0.133. The van der Waals surface area contributed by atoms with E-state index in [9.17, 15) is 4.79 Å². The topological polar surface area (TPSA) is 66.6 Å². The Morgan fingerprint density at radius 3 is 2.70 bits per heavy atom. The molecule has 144 valence electrons. The van der Waals surface area contributed by atoms with Crippen molar-refractivity contribution < 1.29 is 4.79 Å². The number of aryl methyl sites for hydroxylation is 2. The molecule has 1 aliphatic carbocycles. The molecule has 7 heteroatoms. The molecule has 5 rings (SSSR count). The molecule has 2 aliphatic heterocycles. The first-order chi connectivity index (χ1) is 13.3. The van der Waals surface area contributed by atoms with Gasteiger partial charge in [-0.05, 0) is 69.7 Å². The van der Waals surface area contributed by atoms with Crippen molar-refractivity contribution in [2.75, 3.05) is 32.7 Å². The molecular weight excluding hydrogens is 340 g/mol. The Morgan fingerprint density at radius 2 is 1.85 bits per heavy atom. The van der Waals surface area contributed by atoms with Gasteiger partial charge in [0.2, 0.25) is 5.91 Å². The van der Waals surface area contributed by atoms with E-state index in [0.29, 0.717) is 11.8 Å². The predicted octanol–water partition coefficient (Wildman–Crippen LogP) is 1.80. The third-order valence-corrected chi connectivity index (χ3v) is 6.50. The van der Waals surface area contributed by atoms with Gasteiger partial charge in [0.25, 0.3) is 0 Å². The molecule has 2 aromatic heterocycles. The van der Waals surface area contributed by atoms with Crippen LogP contribution in [0.1, 0.15) is 61.5 Å². The first kappa shape index (κ1) is 17.1. The summed E-state index contributed by atoms with van der Waals surface area (Å²) in [7, 11) is 0. The first-order valence-corrected chi connectivity index (χ1v) is 10.5. The van der Waals surface area contributed by atoms with Crippen LogP contribution in [0.4, 0.5) is 0 Å². The van der Waals surface area contributed by atoms with E-state index in [2.05, 4.69) is 21.2 Å². The molecule has 0 unspecified atom stereocenters. The Kier molecular flexibility index (Phi) is 4.55. The lowest BCUT2D eigenvalue weighted by Crippen LogP contribution is -2.43. The van der Waals surface area contributed by atoms with Crippen molar-refractivity contribution in [2.45, 2.75) is 57.3 Å². The number of amides is 1. The Bertz CT molecular complexity index is 838. The minimum atomic E-state index is 0.338. The summed E-state index contributed by atoms with van der Waals surface area (Å²) in [6.45, 7) is 4.94. The van der Waals surface area contributed by atoms with Crippen LogP contribution in [0.25, 0.3) is 5.65 Å². The molecular formula is C20H28N6O. The second-order valence-electron chi connectivity index (χ2n) is 8.25. The van der Waals surface area contributed by atoms with Crippen molar-refractivity contribution in [3.8, 4) is 0 Å². The van der Waals surface area contributed by atoms with Crippen molar-refractivity contribution in [2.24, 2.45) is 0 Å². The maximum atomic E-state index is 12.0. The van der Waals surface area contributed by atoms with Gasteiger partial charge < -0.3 is 9.80 Å². The van der Waals surface area contributed by atoms with Crippen LogP contribution in [0, 0.1) is 0 Å². The molecule has 2 aromatic rings. The van der Waals surface area contributed by atoms with Gasteiger partial charge in [0.05, 0.1) is 5.69 Å². The standard InChI is InChI=1S/C20H28N6O/c27-19-6-1-2-9-25(19)13-12-24-10-7-15(8-11-24)20-22-21-18-14-16-4-3-5-17(16)23-26(18)20/h14-15H,1-13H2. The van der Waals surface area contributed by atoms with Crippen molar-refractivity contribution >= 4 is 11.6 Å². The summed E-state index contributed by atoms with van der Waals surface area (Å²) in [5.74, 6) is 1.80. The molecule has 4 heterocycles. The van der Waals surface area contributed by atoms with E-state index in [1.807, 2.05) is 9.42 Å². The number of fused-ring (bicyclic) bond motifs is 2. The highest BCUT2D eigenvalue weighted by Gasteiger charge is 2.27. The Labute approximate surface area is 159 Å². The van der Waals surface area contributed by atoms with Gasteiger partial charge in [0, 0.05) is 32.0 Å². The van der Waals surface area contributed by atoms with Gasteiger partial charge in [-0.1, -0.05) is 0 Å². The summed E-state index contributed by atoms with van der Waals surface area (Å²) in [4.78, 5) is 16.5. The van der Waals surface area contributed by atoms with Gasteiger partial charge >= 0.3 is 0 Å². The van der Waals surface area contributed by atoms with Crippen LogP contribution in [0.2, 0.25) is 0 Å². The normalized spacial score (nSPS) is 21.9. The fraction of sp³-hybridized carbons (Fsp3) is 0.700. The Hall–Kier alpha value is -2.02. The smallest absolute Gasteiger partial charge is 0.222 e. The molecule has 7 nitrogen and oxygen atoms in total. The molecule has 27 heavy (non-hydrogen) atoms. The number of hydrogen-bond donors (Lipinski definition) is 0. The molecule has 0 N–H and O–H groups in total. The van der Waals surface area contributed by atoms with Gasteiger partial charge in [-0.15, -0.1) is 10.2 Å². The maximum Gasteiger partial charge on any atom is 0.222 e. The van der Waals surface area contributed by atoms with E-state index in [0.717, 1.165) is 89.1 Å². The van der Waals surface area contributed by atoms with Crippen LogP contribution >= 0.6 is 0 Å². The molecule has 0 radical (unpaired) electrons. The summed E-state index contributed by atoms with van der Waals surface area (Å²) >= 11 is 0. The number of carbonyl (C=O) groups is 1. The van der Waals surface area contributed by atoms with Gasteiger partial charge in [-0.2, -0.15) is 9.61 Å². The van der Waals surface area contributed by atoms with Gasteiger partial charge in [-0.25, -0.2) is 0 Å². The molecule has 0 spiro atoms. The zero-order chi connectivity index (χ0) is 18.2. The third kappa shape index (κ3) is 3.33. The summed E-state index contributed by atoms with van der Waals surface area (Å²) in [5.41, 5.74) is 3.48. The fourth-order valence-corrected chi connectivity index (χ4v) is 4.82. The SMILES string of the molecule is O=C1CCCCN1CCN1CCC(c2nnc3cc4c(nn23)CCC4)CC1. The van der Waals surface area contributed by atoms with E-state index < -0.39 is 0 Å². The van der Waals surface area contributed by atoms with Gasteiger partial charge in [-0.3, -0.25) is 4.79 Å². The van der Waals surface area contributed by atoms with Crippen LogP contribution in [0.5, 0.6) is 0 Å². The first-order valence-electron chi connectivity index (χ1n) is 10.5. The summed E-state index contributed by atoms with van der Waals surface area (Å²) < 4.78 is 2.00. The third-order valence-electron chi connectivity index (χ3n) is 6.50. The highest BCUT2D eigenvalue weighted by Crippen LogP contribution is 2.28. The predicted molar refractivity (Wildman–Crippen MR) is 102 cm³/mol. The highest BCUT2D eigenvalue weighted by atomic mass is 16.2. The molecule has 2 saturated heterocycles. The minimum Gasteiger partial charge on any atom is -0.341 e. The molecule has 3 aliphatic rings. The molecule has 2 fully saturated rings. The summed E-state index contributed by atoms with van der Waals surface area (Å²) in [6, 6.07) is 2.18. The monoisotopic (exact) mass is 368 g/mol. The molecule has 0 aromatic carbocycles. The fourth-order valence-electron chi connectivity index (χ4n) is 4.82. The van der Waals surface area contributed by atoms with Crippen molar-refractivity contribution in [1.82, 2.24) is 29.6 Å². The Balaban J connectivity index is 1.21. The number of hydrogen-bond acceptors (Lipinski definition) is 5. The second kappa shape index (κ2) is 7.19. The molecule has 1 amide bonds. The number of aromatic nitrogens is 4. The van der Waals surface area contributed by atoms with E-state index in [4.69, 9.17) is 5.10 Å². The second-order valence-corrected chi connectivity index (χ2v) is 8.25. The lowest BCUT2D eigenvalue weighted by Gasteiger charge is -2.34. The zero-order valence-electron chi connectivity index (χ0n) is 15.9. The van der Waals surface area contributed by atoms with E-state index in [1.54, 1.807) is 0 Å². The van der Waals surface area contributed by atoms with E-state index in [1.165, 1.54) is 17.7 Å². The van der Waals surface area contributed by atoms with Crippen LogP contribution in [0.15, 0.2) is 6.07 Å². The number of rotatable bonds is 4. The summed E-state index contributed by atoms with van der Waals surface area (Å²) in [6.07, 6.45) is 8.54. The number of carbonyl (C=O) groups excluding carboxylic acids is 1. The van der Waals surface area contributed by atoms with E-state index >= 15 is 0 Å². The quantitative estimate of drug-likeness (QED) is 0.823. The van der Waals surface area contributed by atoms with Crippen LogP contribution < -0.4 is 0 Å². The number of likely N-dealkylation sites (tertiary alicyclic amines) is 2. The highest BCUT2D eigenvalue weighted by molar-refractivity contribution is 5.76. The summed E-state index contributed by atoms with van der Waals surface area (Å²) in [5, 5.41) is 13.7.